The second kappa shape index (κ2) is 6.15. The summed E-state index contributed by atoms with van der Waals surface area (Å²) in [7, 11) is 0. The lowest BCUT2D eigenvalue weighted by atomic mass is 10.2. The highest BCUT2D eigenvalue weighted by atomic mass is 127. The fraction of sp³-hybridized carbons (Fsp3) is 0.133. The van der Waals surface area contributed by atoms with Gasteiger partial charge in [0.25, 0.3) is 0 Å². The molecule has 0 spiro atoms. The van der Waals surface area contributed by atoms with E-state index in [1.165, 1.54) is 4.70 Å². The van der Waals surface area contributed by atoms with Gasteiger partial charge in [0.2, 0.25) is 0 Å². The molecule has 1 aromatic heterocycles. The van der Waals surface area contributed by atoms with E-state index in [1.807, 2.05) is 13.0 Å². The Morgan fingerprint density at radius 3 is 2.50 bits per heavy atom. The molecule has 20 heavy (non-hydrogen) atoms. The van der Waals surface area contributed by atoms with Crippen LogP contribution >= 0.6 is 56.5 Å². The molecule has 0 bridgehead atoms. The Labute approximate surface area is 148 Å². The van der Waals surface area contributed by atoms with Crippen LogP contribution in [0.3, 0.4) is 0 Å². The number of hydrogen-bond donors (Lipinski definition) is 0. The van der Waals surface area contributed by atoms with E-state index in [-0.39, 0.29) is 0 Å². The highest BCUT2D eigenvalue weighted by molar-refractivity contribution is 14.1. The van der Waals surface area contributed by atoms with Gasteiger partial charge in [0.05, 0.1) is 24.0 Å². The Kier molecular flexibility index (Phi) is 4.46. The standard InChI is InChI=1S/C15H11I2NOS/c1-2-19-14-10(16)7-9(8-11(14)17)15-18-12-5-3-4-6-13(12)20-15/h3-8H,2H2,1H3. The molecule has 5 heteroatoms. The number of aromatic nitrogens is 1. The molecule has 0 radical (unpaired) electrons. The fourth-order valence-electron chi connectivity index (χ4n) is 1.96. The second-order valence-electron chi connectivity index (χ2n) is 4.19. The molecule has 0 aliphatic carbocycles. The van der Waals surface area contributed by atoms with E-state index < -0.39 is 0 Å². The monoisotopic (exact) mass is 507 g/mol. The Morgan fingerprint density at radius 2 is 1.85 bits per heavy atom. The van der Waals surface area contributed by atoms with Crippen LogP contribution in [0.5, 0.6) is 5.75 Å². The Bertz CT molecular complexity index is 713. The zero-order chi connectivity index (χ0) is 14.1. The van der Waals surface area contributed by atoms with Gasteiger partial charge in [0.1, 0.15) is 10.8 Å². The van der Waals surface area contributed by atoms with Gasteiger partial charge in [0, 0.05) is 5.56 Å². The number of hydrogen-bond acceptors (Lipinski definition) is 3. The topological polar surface area (TPSA) is 22.1 Å². The number of nitrogens with zero attached hydrogens (tertiary/aromatic N) is 1. The molecule has 0 aliphatic heterocycles. The van der Waals surface area contributed by atoms with Crippen molar-refractivity contribution < 1.29 is 4.74 Å². The summed E-state index contributed by atoms with van der Waals surface area (Å²) in [5.41, 5.74) is 2.22. The number of fused-ring (bicyclic) bond motifs is 1. The van der Waals surface area contributed by atoms with E-state index in [2.05, 4.69) is 75.5 Å². The summed E-state index contributed by atoms with van der Waals surface area (Å²) >= 11 is 6.38. The van der Waals surface area contributed by atoms with E-state index in [9.17, 15) is 0 Å². The fourth-order valence-corrected chi connectivity index (χ4v) is 4.99. The first-order chi connectivity index (χ1) is 9.69. The molecule has 0 atom stereocenters. The third-order valence-corrected chi connectivity index (χ3v) is 5.52. The van der Waals surface area contributed by atoms with Crippen molar-refractivity contribution >= 4 is 66.7 Å². The maximum Gasteiger partial charge on any atom is 0.145 e. The van der Waals surface area contributed by atoms with Gasteiger partial charge >= 0.3 is 0 Å². The summed E-state index contributed by atoms with van der Waals surface area (Å²) in [5, 5.41) is 1.06. The van der Waals surface area contributed by atoms with Crippen LogP contribution in [-0.2, 0) is 0 Å². The van der Waals surface area contributed by atoms with E-state index in [4.69, 9.17) is 9.72 Å². The molecule has 2 nitrogen and oxygen atoms in total. The van der Waals surface area contributed by atoms with Crippen molar-refractivity contribution in [1.82, 2.24) is 4.98 Å². The summed E-state index contributed by atoms with van der Waals surface area (Å²) in [6.07, 6.45) is 0. The number of ether oxygens (including phenoxy) is 1. The predicted octanol–water partition coefficient (Wildman–Crippen LogP) is 5.57. The van der Waals surface area contributed by atoms with Crippen LogP contribution in [0.25, 0.3) is 20.8 Å². The summed E-state index contributed by atoms with van der Waals surface area (Å²) < 4.78 is 9.17. The summed E-state index contributed by atoms with van der Waals surface area (Å²) in [4.78, 5) is 4.71. The van der Waals surface area contributed by atoms with E-state index in [0.29, 0.717) is 6.61 Å². The molecular weight excluding hydrogens is 496 g/mol. The molecule has 3 rings (SSSR count). The van der Waals surface area contributed by atoms with Crippen molar-refractivity contribution in [3.05, 3.63) is 43.5 Å². The first-order valence-electron chi connectivity index (χ1n) is 6.17. The molecule has 2 aromatic carbocycles. The van der Waals surface area contributed by atoms with Crippen LogP contribution in [0, 0.1) is 7.14 Å². The van der Waals surface area contributed by atoms with Gasteiger partial charge in [0.15, 0.2) is 0 Å². The maximum atomic E-state index is 5.69. The molecular formula is C15H11I2NOS. The van der Waals surface area contributed by atoms with Crippen LogP contribution < -0.4 is 4.74 Å². The molecule has 102 valence electrons. The Hall–Kier alpha value is -0.410. The van der Waals surface area contributed by atoms with E-state index >= 15 is 0 Å². The van der Waals surface area contributed by atoms with Gasteiger partial charge in [-0.3, -0.25) is 0 Å². The van der Waals surface area contributed by atoms with Gasteiger partial charge in [-0.1, -0.05) is 12.1 Å². The lowest BCUT2D eigenvalue weighted by Crippen LogP contribution is -1.97. The smallest absolute Gasteiger partial charge is 0.145 e. The zero-order valence-corrected chi connectivity index (χ0v) is 15.8. The number of benzene rings is 2. The highest BCUT2D eigenvalue weighted by Gasteiger charge is 2.12. The maximum absolute atomic E-state index is 5.69. The van der Waals surface area contributed by atoms with Crippen molar-refractivity contribution in [2.24, 2.45) is 0 Å². The number of para-hydroxylation sites is 1. The van der Waals surface area contributed by atoms with Crippen molar-refractivity contribution in [2.45, 2.75) is 6.92 Å². The minimum atomic E-state index is 0.687. The molecule has 0 saturated heterocycles. The number of halogens is 2. The Balaban J connectivity index is 2.10. The Morgan fingerprint density at radius 1 is 1.15 bits per heavy atom. The van der Waals surface area contributed by atoms with Crippen molar-refractivity contribution in [3.8, 4) is 16.3 Å². The SMILES string of the molecule is CCOc1c(I)cc(-c2nc3ccccc3s2)cc1I. The van der Waals surface area contributed by atoms with Gasteiger partial charge < -0.3 is 4.74 Å². The normalized spacial score (nSPS) is 10.9. The third-order valence-electron chi connectivity index (χ3n) is 2.83. The number of rotatable bonds is 3. The van der Waals surface area contributed by atoms with E-state index in [1.54, 1.807) is 11.3 Å². The summed E-state index contributed by atoms with van der Waals surface area (Å²) in [6, 6.07) is 12.5. The number of thiazole rings is 1. The summed E-state index contributed by atoms with van der Waals surface area (Å²) in [6.45, 7) is 2.69. The van der Waals surface area contributed by atoms with Crippen LogP contribution in [0.4, 0.5) is 0 Å². The lowest BCUT2D eigenvalue weighted by Gasteiger charge is -2.09. The molecule has 0 saturated carbocycles. The summed E-state index contributed by atoms with van der Waals surface area (Å²) in [5.74, 6) is 0.971. The largest absolute Gasteiger partial charge is 0.492 e. The van der Waals surface area contributed by atoms with Crippen molar-refractivity contribution in [2.75, 3.05) is 6.61 Å². The molecule has 0 fully saturated rings. The average Bonchev–Trinajstić information content (AvgIpc) is 2.86. The first-order valence-corrected chi connectivity index (χ1v) is 9.14. The van der Waals surface area contributed by atoms with Crippen LogP contribution in [0.2, 0.25) is 0 Å². The molecule has 0 amide bonds. The molecule has 0 unspecified atom stereocenters. The minimum absolute atomic E-state index is 0.687. The van der Waals surface area contributed by atoms with Crippen LogP contribution in [-0.4, -0.2) is 11.6 Å². The van der Waals surface area contributed by atoms with Gasteiger partial charge in [-0.25, -0.2) is 4.98 Å². The minimum Gasteiger partial charge on any atom is -0.492 e. The lowest BCUT2D eigenvalue weighted by molar-refractivity contribution is 0.335. The van der Waals surface area contributed by atoms with Gasteiger partial charge in [-0.15, -0.1) is 11.3 Å². The van der Waals surface area contributed by atoms with E-state index in [0.717, 1.165) is 29.0 Å². The van der Waals surface area contributed by atoms with Gasteiger partial charge in [-0.2, -0.15) is 0 Å². The second-order valence-corrected chi connectivity index (χ2v) is 7.54. The quantitative estimate of drug-likeness (QED) is 0.433. The third kappa shape index (κ3) is 2.80. The zero-order valence-electron chi connectivity index (χ0n) is 10.7. The molecule has 1 heterocycles. The van der Waals surface area contributed by atoms with Crippen molar-refractivity contribution in [1.29, 1.82) is 0 Å². The average molecular weight is 507 g/mol. The van der Waals surface area contributed by atoms with Crippen LogP contribution in [0.1, 0.15) is 6.92 Å². The highest BCUT2D eigenvalue weighted by Crippen LogP contribution is 2.36. The van der Waals surface area contributed by atoms with Crippen molar-refractivity contribution in [3.63, 3.8) is 0 Å². The van der Waals surface area contributed by atoms with Gasteiger partial charge in [-0.05, 0) is 76.4 Å². The molecule has 0 N–H and O–H groups in total. The molecule has 3 aromatic rings. The first kappa shape index (κ1) is 14.5. The predicted molar refractivity (Wildman–Crippen MR) is 102 cm³/mol. The van der Waals surface area contributed by atoms with Crippen LogP contribution in [0.15, 0.2) is 36.4 Å². The molecule has 0 aliphatic rings.